The first kappa shape index (κ1) is 30.3. The summed E-state index contributed by atoms with van der Waals surface area (Å²) in [6.07, 6.45) is 4.45. The minimum absolute atomic E-state index is 0.00207. The fourth-order valence-electron chi connectivity index (χ4n) is 5.69. The Morgan fingerprint density at radius 1 is 1.09 bits per heavy atom. The number of aromatic nitrogens is 3. The normalized spacial score (nSPS) is 18.6. The minimum atomic E-state index is -1.37. The number of hydrogen-bond donors (Lipinski definition) is 3. The number of carbonyl (C=O) groups is 3. The number of hydrogen-bond acceptors (Lipinski definition) is 7. The third-order valence-corrected chi connectivity index (χ3v) is 8.58. The molecule has 0 bridgehead atoms. The number of anilines is 2. The molecule has 3 amide bonds. The first-order chi connectivity index (χ1) is 21.6. The number of carbonyl (C=O) groups excluding carboxylic acids is 3. The Morgan fingerprint density at radius 3 is 2.40 bits per heavy atom. The molecule has 0 radical (unpaired) electrons. The van der Waals surface area contributed by atoms with Crippen molar-refractivity contribution in [2.45, 2.75) is 43.3 Å². The molecule has 13 heteroatoms. The molecule has 0 saturated heterocycles. The predicted octanol–water partition coefficient (Wildman–Crippen LogP) is 3.99. The summed E-state index contributed by atoms with van der Waals surface area (Å²) in [5.74, 6) is -1.53. The molecule has 2 aromatic heterocycles. The second-order valence-corrected chi connectivity index (χ2v) is 12.2. The van der Waals surface area contributed by atoms with Gasteiger partial charge in [0.05, 0.1) is 41.4 Å². The van der Waals surface area contributed by atoms with E-state index in [-0.39, 0.29) is 18.1 Å². The van der Waals surface area contributed by atoms with E-state index in [0.29, 0.717) is 39.8 Å². The molecule has 0 unspecified atom stereocenters. The molecule has 0 spiro atoms. The van der Waals surface area contributed by atoms with Gasteiger partial charge in [-0.15, -0.1) is 0 Å². The van der Waals surface area contributed by atoms with E-state index in [2.05, 4.69) is 26.7 Å². The quantitative estimate of drug-likeness (QED) is 0.249. The lowest BCUT2D eigenvalue weighted by molar-refractivity contribution is -0.125. The number of benzene rings is 2. The highest BCUT2D eigenvalue weighted by molar-refractivity contribution is 6.35. The maximum Gasteiger partial charge on any atom is 0.270 e. The standard InChI is InChI=1S/C32H27Cl2N7O4/c1-31(15-19-5-7-20(16-35)8-6-19)29(45)40(23-13-21(33)12-22(34)14-23)30-37-17-25(41(30)31)28(44)38-24(18-42)27(43)39-32(9-10-32)26-4-2-3-11-36-26/h2-8,11-14,17,24,42H,9-10,15,18H2,1H3,(H,38,44)(H,39,43)/t24-,31-/m1/s1. The van der Waals surface area contributed by atoms with E-state index >= 15 is 0 Å². The number of aliphatic hydroxyl groups excluding tert-OH is 1. The monoisotopic (exact) mass is 643 g/mol. The molecular weight excluding hydrogens is 617 g/mol. The number of nitrogens with one attached hydrogen (secondary N) is 2. The number of imidazole rings is 1. The van der Waals surface area contributed by atoms with Crippen molar-refractivity contribution in [3.05, 3.63) is 106 Å². The minimum Gasteiger partial charge on any atom is -0.394 e. The number of aliphatic hydroxyl groups is 1. The second kappa shape index (κ2) is 11.6. The molecule has 3 N–H and O–H groups in total. The summed E-state index contributed by atoms with van der Waals surface area (Å²) >= 11 is 12.6. The van der Waals surface area contributed by atoms with Gasteiger partial charge in [0.2, 0.25) is 11.9 Å². The molecule has 2 aliphatic rings. The summed E-state index contributed by atoms with van der Waals surface area (Å²) in [5.41, 5.74) is 0.241. The van der Waals surface area contributed by atoms with Crippen LogP contribution in [0, 0.1) is 11.3 Å². The van der Waals surface area contributed by atoms with E-state index in [9.17, 15) is 24.8 Å². The lowest BCUT2D eigenvalue weighted by Gasteiger charge is -2.27. The van der Waals surface area contributed by atoms with E-state index in [1.165, 1.54) is 21.7 Å². The Bertz CT molecular complexity index is 1830. The van der Waals surface area contributed by atoms with Crippen molar-refractivity contribution in [3.8, 4) is 6.07 Å². The number of nitrogens with zero attached hydrogens (tertiary/aromatic N) is 5. The summed E-state index contributed by atoms with van der Waals surface area (Å²) < 4.78 is 1.51. The maximum absolute atomic E-state index is 14.2. The number of rotatable bonds is 9. The van der Waals surface area contributed by atoms with Crippen LogP contribution >= 0.6 is 23.2 Å². The van der Waals surface area contributed by atoms with Crippen molar-refractivity contribution < 1.29 is 19.5 Å². The Kier molecular flexibility index (Phi) is 7.82. The Hall–Kier alpha value is -4.76. The molecule has 1 aliphatic heterocycles. The summed E-state index contributed by atoms with van der Waals surface area (Å²) in [7, 11) is 0. The number of amides is 3. The van der Waals surface area contributed by atoms with E-state index < -0.39 is 41.4 Å². The lowest BCUT2D eigenvalue weighted by Crippen LogP contribution is -2.52. The van der Waals surface area contributed by atoms with E-state index in [1.54, 1.807) is 55.6 Å². The van der Waals surface area contributed by atoms with Crippen molar-refractivity contribution in [1.82, 2.24) is 25.2 Å². The highest BCUT2D eigenvalue weighted by Crippen LogP contribution is 2.45. The highest BCUT2D eigenvalue weighted by Gasteiger charge is 2.51. The molecule has 1 aliphatic carbocycles. The highest BCUT2D eigenvalue weighted by atomic mass is 35.5. The van der Waals surface area contributed by atoms with Crippen molar-refractivity contribution in [2.75, 3.05) is 11.5 Å². The summed E-state index contributed by atoms with van der Waals surface area (Å²) in [5, 5.41) is 25.5. The van der Waals surface area contributed by atoms with Gasteiger partial charge in [0.15, 0.2) is 0 Å². The van der Waals surface area contributed by atoms with Crippen LogP contribution in [0.4, 0.5) is 11.6 Å². The first-order valence-corrected chi connectivity index (χ1v) is 14.9. The molecule has 11 nitrogen and oxygen atoms in total. The summed E-state index contributed by atoms with van der Waals surface area (Å²) in [6.45, 7) is 1.02. The van der Waals surface area contributed by atoms with Crippen molar-refractivity contribution in [2.24, 2.45) is 0 Å². The van der Waals surface area contributed by atoms with Crippen molar-refractivity contribution in [1.29, 1.82) is 5.26 Å². The van der Waals surface area contributed by atoms with Gasteiger partial charge in [0.1, 0.15) is 17.3 Å². The summed E-state index contributed by atoms with van der Waals surface area (Å²) in [6, 6.07) is 17.7. The average molecular weight is 645 g/mol. The van der Waals surface area contributed by atoms with Crippen molar-refractivity contribution >= 4 is 52.6 Å². The van der Waals surface area contributed by atoms with Crippen LogP contribution < -0.4 is 15.5 Å². The van der Waals surface area contributed by atoms with Crippen molar-refractivity contribution in [3.63, 3.8) is 0 Å². The molecule has 228 valence electrons. The zero-order valence-corrected chi connectivity index (χ0v) is 25.5. The fourth-order valence-corrected chi connectivity index (χ4v) is 6.20. The van der Waals surface area contributed by atoms with Gasteiger partial charge >= 0.3 is 0 Å². The zero-order valence-electron chi connectivity index (χ0n) is 24.0. The van der Waals surface area contributed by atoms with Crippen LogP contribution in [0.2, 0.25) is 10.0 Å². The molecule has 2 atom stereocenters. The Labute approximate surface area is 268 Å². The molecule has 45 heavy (non-hydrogen) atoms. The third-order valence-electron chi connectivity index (χ3n) is 8.14. The van der Waals surface area contributed by atoms with Gasteiger partial charge in [0.25, 0.3) is 11.8 Å². The van der Waals surface area contributed by atoms with Gasteiger partial charge in [-0.25, -0.2) is 9.88 Å². The number of nitriles is 1. The van der Waals surface area contributed by atoms with Crippen LogP contribution in [0.3, 0.4) is 0 Å². The molecule has 3 heterocycles. The predicted molar refractivity (Wildman–Crippen MR) is 166 cm³/mol. The fraction of sp³-hybridized carbons (Fsp3) is 0.250. The van der Waals surface area contributed by atoms with Gasteiger partial charge in [-0.1, -0.05) is 41.4 Å². The topological polar surface area (TPSA) is 153 Å². The number of halogens is 2. The van der Waals surface area contributed by atoms with Gasteiger partial charge < -0.3 is 15.7 Å². The van der Waals surface area contributed by atoms with Crippen LogP contribution in [0.15, 0.2) is 73.1 Å². The van der Waals surface area contributed by atoms with Crippen LogP contribution in [0.25, 0.3) is 0 Å². The van der Waals surface area contributed by atoms with Gasteiger partial charge in [-0.05, 0) is 67.8 Å². The van der Waals surface area contributed by atoms with Gasteiger partial charge in [-0.2, -0.15) is 5.26 Å². The van der Waals surface area contributed by atoms with Crippen LogP contribution in [-0.2, 0) is 27.1 Å². The van der Waals surface area contributed by atoms with Crippen LogP contribution in [0.5, 0.6) is 0 Å². The zero-order chi connectivity index (χ0) is 31.9. The largest absolute Gasteiger partial charge is 0.394 e. The van der Waals surface area contributed by atoms with E-state index in [4.69, 9.17) is 23.2 Å². The van der Waals surface area contributed by atoms with Crippen LogP contribution in [0.1, 0.15) is 47.1 Å². The van der Waals surface area contributed by atoms with E-state index in [0.717, 1.165) is 5.56 Å². The SMILES string of the molecule is C[C@@]1(Cc2ccc(C#N)cc2)C(=O)N(c2cc(Cl)cc(Cl)c2)c2ncc(C(=O)N[C@H](CO)C(=O)NC3(c4ccccn4)CC3)n21. The summed E-state index contributed by atoms with van der Waals surface area (Å²) in [4.78, 5) is 51.4. The average Bonchev–Trinajstić information content (AvgIpc) is 3.61. The molecule has 2 aromatic carbocycles. The molecular formula is C32H27Cl2N7O4. The van der Waals surface area contributed by atoms with Gasteiger partial charge in [-0.3, -0.25) is 23.9 Å². The molecule has 1 fully saturated rings. The lowest BCUT2D eigenvalue weighted by atomic mass is 9.91. The number of pyridine rings is 1. The third kappa shape index (κ3) is 5.53. The molecule has 4 aromatic rings. The Morgan fingerprint density at radius 2 is 1.80 bits per heavy atom. The first-order valence-electron chi connectivity index (χ1n) is 14.1. The van der Waals surface area contributed by atoms with Crippen LogP contribution in [-0.4, -0.2) is 50.0 Å². The van der Waals surface area contributed by atoms with Gasteiger partial charge in [0, 0.05) is 22.7 Å². The van der Waals surface area contributed by atoms with E-state index in [1.807, 2.05) is 12.1 Å². The molecule has 6 rings (SSSR count). The number of fused-ring (bicyclic) bond motifs is 1. The maximum atomic E-state index is 14.2. The second-order valence-electron chi connectivity index (χ2n) is 11.3. The Balaban J connectivity index is 1.33. The smallest absolute Gasteiger partial charge is 0.270 e. The molecule has 1 saturated carbocycles.